The van der Waals surface area contributed by atoms with Crippen molar-refractivity contribution in [1.82, 2.24) is 20.0 Å². The van der Waals surface area contributed by atoms with Crippen molar-refractivity contribution in [3.8, 4) is 11.1 Å². The molecule has 0 aliphatic carbocycles. The van der Waals surface area contributed by atoms with E-state index < -0.39 is 0 Å². The predicted molar refractivity (Wildman–Crippen MR) is 86.1 cm³/mol. The highest BCUT2D eigenvalue weighted by Gasteiger charge is 2.20. The molecule has 3 rings (SSSR count). The summed E-state index contributed by atoms with van der Waals surface area (Å²) in [5.74, 6) is 0.0531. The number of carbonyl (C=O) groups is 1. The van der Waals surface area contributed by atoms with E-state index in [9.17, 15) is 4.79 Å². The van der Waals surface area contributed by atoms with E-state index in [-0.39, 0.29) is 11.9 Å². The van der Waals surface area contributed by atoms with Crippen molar-refractivity contribution < 1.29 is 4.79 Å². The van der Waals surface area contributed by atoms with Gasteiger partial charge >= 0.3 is 0 Å². The maximum atomic E-state index is 11.2. The summed E-state index contributed by atoms with van der Waals surface area (Å²) < 4.78 is 1.97. The van der Waals surface area contributed by atoms with E-state index in [4.69, 9.17) is 0 Å². The Bertz CT molecular complexity index is 623. The van der Waals surface area contributed by atoms with Gasteiger partial charge in [-0.3, -0.25) is 14.4 Å². The van der Waals surface area contributed by atoms with Gasteiger partial charge in [-0.05, 0) is 18.4 Å². The lowest BCUT2D eigenvalue weighted by atomic mass is 10.1. The van der Waals surface area contributed by atoms with Crippen LogP contribution in [0.1, 0.15) is 19.8 Å². The number of piperidine rings is 1. The number of aromatic nitrogens is 2. The lowest BCUT2D eigenvalue weighted by Crippen LogP contribution is -2.47. The highest BCUT2D eigenvalue weighted by atomic mass is 16.1. The summed E-state index contributed by atoms with van der Waals surface area (Å²) in [5, 5.41) is 7.48. The van der Waals surface area contributed by atoms with Crippen LogP contribution in [0.5, 0.6) is 0 Å². The molecule has 116 valence electrons. The number of hydrogen-bond acceptors (Lipinski definition) is 3. The lowest BCUT2D eigenvalue weighted by molar-refractivity contribution is -0.120. The van der Waals surface area contributed by atoms with Gasteiger partial charge in [0.15, 0.2) is 0 Å². The van der Waals surface area contributed by atoms with Gasteiger partial charge < -0.3 is 5.32 Å². The first-order chi connectivity index (χ1) is 10.7. The molecule has 1 aromatic heterocycles. The average molecular weight is 298 g/mol. The van der Waals surface area contributed by atoms with Gasteiger partial charge in [0, 0.05) is 37.8 Å². The molecule has 22 heavy (non-hydrogen) atoms. The maximum absolute atomic E-state index is 11.2. The van der Waals surface area contributed by atoms with Crippen molar-refractivity contribution in [2.45, 2.75) is 32.5 Å². The second-order valence-corrected chi connectivity index (χ2v) is 5.89. The number of benzene rings is 1. The van der Waals surface area contributed by atoms with Crippen LogP contribution in [0.25, 0.3) is 11.1 Å². The van der Waals surface area contributed by atoms with E-state index in [1.807, 2.05) is 29.1 Å². The molecule has 0 bridgehead atoms. The topological polar surface area (TPSA) is 50.2 Å². The van der Waals surface area contributed by atoms with Crippen molar-refractivity contribution >= 4 is 5.91 Å². The number of nitrogens with zero attached hydrogens (tertiary/aromatic N) is 3. The van der Waals surface area contributed by atoms with Crippen LogP contribution in [0, 0.1) is 0 Å². The first-order valence-corrected chi connectivity index (χ1v) is 7.78. The van der Waals surface area contributed by atoms with Crippen LogP contribution in [-0.2, 0) is 11.5 Å². The third-order valence-electron chi connectivity index (χ3n) is 4.00. The van der Waals surface area contributed by atoms with E-state index in [1.165, 1.54) is 5.56 Å². The molecule has 0 unspecified atom stereocenters. The Balaban J connectivity index is 1.61. The fraction of sp³-hybridized carbons (Fsp3) is 0.412. The zero-order valence-corrected chi connectivity index (χ0v) is 12.9. The van der Waals surface area contributed by atoms with Gasteiger partial charge in [-0.1, -0.05) is 30.3 Å². The quantitative estimate of drug-likeness (QED) is 0.940. The van der Waals surface area contributed by atoms with Crippen molar-refractivity contribution in [2.24, 2.45) is 0 Å². The van der Waals surface area contributed by atoms with Gasteiger partial charge in [0.25, 0.3) is 0 Å². The Morgan fingerprint density at radius 2 is 2.14 bits per heavy atom. The zero-order chi connectivity index (χ0) is 15.4. The van der Waals surface area contributed by atoms with E-state index in [0.717, 1.165) is 38.2 Å². The van der Waals surface area contributed by atoms with Crippen LogP contribution >= 0.6 is 0 Å². The highest BCUT2D eigenvalue weighted by Crippen LogP contribution is 2.18. The second kappa shape index (κ2) is 6.75. The standard InChI is InChI=1S/C17H22N4O/c1-14(22)19-17-8-5-9-20(12-17)13-21-11-16(10-18-21)15-6-3-2-4-7-15/h2-4,6-7,10-11,17H,5,8-9,12-13H2,1H3,(H,19,22)/t17-/m1/s1. The fourth-order valence-electron chi connectivity index (χ4n) is 3.01. The molecule has 1 saturated heterocycles. The monoisotopic (exact) mass is 298 g/mol. The molecule has 1 atom stereocenters. The highest BCUT2D eigenvalue weighted by molar-refractivity contribution is 5.73. The first kappa shape index (κ1) is 14.8. The summed E-state index contributed by atoms with van der Waals surface area (Å²) in [4.78, 5) is 13.5. The van der Waals surface area contributed by atoms with E-state index in [2.05, 4.69) is 33.6 Å². The molecule has 0 saturated carbocycles. The number of likely N-dealkylation sites (tertiary alicyclic amines) is 1. The Morgan fingerprint density at radius 1 is 1.32 bits per heavy atom. The van der Waals surface area contributed by atoms with Crippen molar-refractivity contribution in [3.05, 3.63) is 42.7 Å². The maximum Gasteiger partial charge on any atom is 0.217 e. The van der Waals surface area contributed by atoms with Crippen LogP contribution < -0.4 is 5.32 Å². The largest absolute Gasteiger partial charge is 0.352 e. The molecular weight excluding hydrogens is 276 g/mol. The molecule has 1 fully saturated rings. The zero-order valence-electron chi connectivity index (χ0n) is 12.9. The lowest BCUT2D eigenvalue weighted by Gasteiger charge is -2.32. The van der Waals surface area contributed by atoms with Crippen LogP contribution in [0.3, 0.4) is 0 Å². The Hall–Kier alpha value is -2.14. The number of rotatable bonds is 4. The summed E-state index contributed by atoms with van der Waals surface area (Å²) in [6.45, 7) is 4.29. The number of hydrogen-bond donors (Lipinski definition) is 1. The van der Waals surface area contributed by atoms with Gasteiger partial charge in [-0.15, -0.1) is 0 Å². The van der Waals surface area contributed by atoms with Gasteiger partial charge in [0.2, 0.25) is 5.91 Å². The molecule has 1 aromatic carbocycles. The van der Waals surface area contributed by atoms with Gasteiger partial charge in [-0.25, -0.2) is 0 Å². The Kier molecular flexibility index (Phi) is 4.53. The summed E-state index contributed by atoms with van der Waals surface area (Å²) in [6.07, 6.45) is 6.16. The minimum absolute atomic E-state index is 0.0531. The van der Waals surface area contributed by atoms with Gasteiger partial charge in [-0.2, -0.15) is 5.10 Å². The van der Waals surface area contributed by atoms with Crippen molar-refractivity contribution in [1.29, 1.82) is 0 Å². The third kappa shape index (κ3) is 3.74. The third-order valence-corrected chi connectivity index (χ3v) is 4.00. The molecule has 0 spiro atoms. The molecule has 1 aliphatic rings. The summed E-state index contributed by atoms with van der Waals surface area (Å²) in [5.41, 5.74) is 2.32. The van der Waals surface area contributed by atoms with Gasteiger partial charge in [0.05, 0.1) is 12.9 Å². The van der Waals surface area contributed by atoms with Gasteiger partial charge in [0.1, 0.15) is 0 Å². The number of nitrogens with one attached hydrogen (secondary N) is 1. The smallest absolute Gasteiger partial charge is 0.217 e. The molecule has 1 amide bonds. The molecule has 2 heterocycles. The SMILES string of the molecule is CC(=O)N[C@@H]1CCCN(Cn2cc(-c3ccccc3)cn2)C1. The first-order valence-electron chi connectivity index (χ1n) is 7.78. The Morgan fingerprint density at radius 3 is 2.91 bits per heavy atom. The number of amides is 1. The molecule has 1 aliphatic heterocycles. The van der Waals surface area contributed by atoms with E-state index in [1.54, 1.807) is 6.92 Å². The van der Waals surface area contributed by atoms with Crippen LogP contribution in [-0.4, -0.2) is 39.7 Å². The predicted octanol–water partition coefficient (Wildman–Crippen LogP) is 2.11. The minimum atomic E-state index is 0.0531. The van der Waals surface area contributed by atoms with Crippen molar-refractivity contribution in [2.75, 3.05) is 13.1 Å². The molecule has 0 radical (unpaired) electrons. The normalized spacial score (nSPS) is 19.0. The van der Waals surface area contributed by atoms with E-state index in [0.29, 0.717) is 0 Å². The fourth-order valence-corrected chi connectivity index (χ4v) is 3.01. The molecule has 5 heteroatoms. The molecule has 1 N–H and O–H groups in total. The average Bonchev–Trinajstić information content (AvgIpc) is 2.96. The molecule has 5 nitrogen and oxygen atoms in total. The Labute approximate surface area is 130 Å². The van der Waals surface area contributed by atoms with Crippen LogP contribution in [0.2, 0.25) is 0 Å². The van der Waals surface area contributed by atoms with Crippen LogP contribution in [0.15, 0.2) is 42.7 Å². The summed E-state index contributed by atoms with van der Waals surface area (Å²) >= 11 is 0. The van der Waals surface area contributed by atoms with Crippen molar-refractivity contribution in [3.63, 3.8) is 0 Å². The minimum Gasteiger partial charge on any atom is -0.352 e. The van der Waals surface area contributed by atoms with E-state index >= 15 is 0 Å². The second-order valence-electron chi connectivity index (χ2n) is 5.89. The molecule has 2 aromatic rings. The number of carbonyl (C=O) groups excluding carboxylic acids is 1. The van der Waals surface area contributed by atoms with Crippen LogP contribution in [0.4, 0.5) is 0 Å². The molecular formula is C17H22N4O. The summed E-state index contributed by atoms with van der Waals surface area (Å²) in [6, 6.07) is 10.5. The summed E-state index contributed by atoms with van der Waals surface area (Å²) in [7, 11) is 0.